The van der Waals surface area contributed by atoms with E-state index in [2.05, 4.69) is 4.98 Å². The predicted octanol–water partition coefficient (Wildman–Crippen LogP) is 3.49. The summed E-state index contributed by atoms with van der Waals surface area (Å²) in [4.78, 5) is 16.1. The highest BCUT2D eigenvalue weighted by Gasteiger charge is 2.09. The van der Waals surface area contributed by atoms with E-state index in [0.717, 1.165) is 27.2 Å². The second-order valence-corrected chi connectivity index (χ2v) is 4.63. The first kappa shape index (κ1) is 12.6. The molecule has 100 valence electrons. The molecule has 0 bridgehead atoms. The maximum absolute atomic E-state index is 11.7. The highest BCUT2D eigenvalue weighted by molar-refractivity contribution is 6.06. The molecule has 3 nitrogen and oxygen atoms in total. The van der Waals surface area contributed by atoms with Crippen molar-refractivity contribution >= 4 is 27.6 Å². The van der Waals surface area contributed by atoms with Crippen molar-refractivity contribution < 1.29 is 9.53 Å². The van der Waals surface area contributed by atoms with Gasteiger partial charge in [0.05, 0.1) is 18.5 Å². The van der Waals surface area contributed by atoms with Gasteiger partial charge in [-0.1, -0.05) is 36.4 Å². The Labute approximate surface area is 117 Å². The largest absolute Gasteiger partial charge is 0.466 e. The van der Waals surface area contributed by atoms with Gasteiger partial charge >= 0.3 is 5.97 Å². The van der Waals surface area contributed by atoms with Gasteiger partial charge in [0.2, 0.25) is 0 Å². The number of nitrogens with zero attached hydrogens (tertiary/aromatic N) is 1. The van der Waals surface area contributed by atoms with Crippen molar-refractivity contribution in [3.05, 3.63) is 54.2 Å². The summed E-state index contributed by atoms with van der Waals surface area (Å²) < 4.78 is 5.03. The first-order valence-electron chi connectivity index (χ1n) is 6.70. The summed E-state index contributed by atoms with van der Waals surface area (Å²) in [5.41, 5.74) is 1.95. The van der Waals surface area contributed by atoms with Crippen molar-refractivity contribution in [1.29, 1.82) is 0 Å². The summed E-state index contributed by atoms with van der Waals surface area (Å²) in [5, 5.41) is 3.24. The van der Waals surface area contributed by atoms with E-state index in [9.17, 15) is 4.79 Å². The zero-order valence-corrected chi connectivity index (χ0v) is 11.3. The number of ether oxygens (including phenoxy) is 1. The van der Waals surface area contributed by atoms with Crippen LogP contribution in [0.3, 0.4) is 0 Å². The average Bonchev–Trinajstić information content (AvgIpc) is 2.47. The number of hydrogen-bond donors (Lipinski definition) is 0. The molecule has 3 aromatic rings. The van der Waals surface area contributed by atoms with Crippen LogP contribution in [0.5, 0.6) is 0 Å². The second-order valence-electron chi connectivity index (χ2n) is 4.63. The van der Waals surface area contributed by atoms with Gasteiger partial charge in [-0.15, -0.1) is 0 Å². The SMILES string of the molecule is CCOC(=O)Cc1cccc2c1ccc1cccnc12. The molecule has 0 N–H and O–H groups in total. The van der Waals surface area contributed by atoms with Gasteiger partial charge in [0.1, 0.15) is 0 Å². The van der Waals surface area contributed by atoms with E-state index in [1.54, 1.807) is 6.20 Å². The molecule has 0 atom stereocenters. The molecule has 3 heteroatoms. The minimum Gasteiger partial charge on any atom is -0.466 e. The van der Waals surface area contributed by atoms with Crippen LogP contribution < -0.4 is 0 Å². The first-order chi connectivity index (χ1) is 9.79. The van der Waals surface area contributed by atoms with Gasteiger partial charge in [-0.05, 0) is 23.9 Å². The summed E-state index contributed by atoms with van der Waals surface area (Å²) in [6.45, 7) is 2.23. The van der Waals surface area contributed by atoms with Crippen molar-refractivity contribution in [1.82, 2.24) is 4.98 Å². The van der Waals surface area contributed by atoms with Gasteiger partial charge in [0.25, 0.3) is 0 Å². The highest BCUT2D eigenvalue weighted by Crippen LogP contribution is 2.26. The Balaban J connectivity index is 2.15. The summed E-state index contributed by atoms with van der Waals surface area (Å²) in [7, 11) is 0. The van der Waals surface area contributed by atoms with E-state index in [1.807, 2.05) is 49.4 Å². The fourth-order valence-corrected chi connectivity index (χ4v) is 2.49. The Morgan fingerprint density at radius 3 is 2.85 bits per heavy atom. The topological polar surface area (TPSA) is 39.2 Å². The molecular formula is C17H15NO2. The summed E-state index contributed by atoms with van der Waals surface area (Å²) >= 11 is 0. The van der Waals surface area contributed by atoms with Crippen LogP contribution in [-0.2, 0) is 16.0 Å². The van der Waals surface area contributed by atoms with Crippen LogP contribution in [0.25, 0.3) is 21.7 Å². The molecule has 20 heavy (non-hydrogen) atoms. The fourth-order valence-electron chi connectivity index (χ4n) is 2.49. The lowest BCUT2D eigenvalue weighted by molar-refractivity contribution is -0.142. The quantitative estimate of drug-likeness (QED) is 0.537. The van der Waals surface area contributed by atoms with Crippen molar-refractivity contribution in [3.63, 3.8) is 0 Å². The summed E-state index contributed by atoms with van der Waals surface area (Å²) in [6.07, 6.45) is 2.09. The van der Waals surface area contributed by atoms with E-state index >= 15 is 0 Å². The molecular weight excluding hydrogens is 250 g/mol. The Bertz CT molecular complexity index is 780. The number of pyridine rings is 1. The third-order valence-corrected chi connectivity index (χ3v) is 3.36. The molecule has 0 amide bonds. The molecule has 3 rings (SSSR count). The molecule has 0 aliphatic rings. The Morgan fingerprint density at radius 2 is 2.00 bits per heavy atom. The van der Waals surface area contributed by atoms with E-state index in [-0.39, 0.29) is 5.97 Å². The standard InChI is InChI=1S/C17H15NO2/c1-2-20-16(19)11-13-5-3-7-15-14(13)9-8-12-6-4-10-18-17(12)15/h3-10H,2,11H2,1H3. The number of benzene rings is 2. The fraction of sp³-hybridized carbons (Fsp3) is 0.176. The zero-order chi connectivity index (χ0) is 13.9. The maximum Gasteiger partial charge on any atom is 0.310 e. The van der Waals surface area contributed by atoms with Crippen molar-refractivity contribution in [2.75, 3.05) is 6.61 Å². The lowest BCUT2D eigenvalue weighted by Crippen LogP contribution is -2.07. The number of esters is 1. The van der Waals surface area contributed by atoms with Gasteiger partial charge in [0.15, 0.2) is 0 Å². The number of carbonyl (C=O) groups excluding carboxylic acids is 1. The lowest BCUT2D eigenvalue weighted by Gasteiger charge is -2.08. The Hall–Kier alpha value is -2.42. The minimum atomic E-state index is -0.193. The Morgan fingerprint density at radius 1 is 1.10 bits per heavy atom. The molecule has 2 aromatic carbocycles. The van der Waals surface area contributed by atoms with Gasteiger partial charge in [-0.3, -0.25) is 9.78 Å². The Kier molecular flexibility index (Phi) is 3.33. The van der Waals surface area contributed by atoms with Crippen LogP contribution in [0.4, 0.5) is 0 Å². The average molecular weight is 265 g/mol. The van der Waals surface area contributed by atoms with Crippen LogP contribution in [0.2, 0.25) is 0 Å². The maximum atomic E-state index is 11.7. The van der Waals surface area contributed by atoms with Crippen LogP contribution in [0.15, 0.2) is 48.7 Å². The van der Waals surface area contributed by atoms with Crippen LogP contribution in [0, 0.1) is 0 Å². The van der Waals surface area contributed by atoms with Crippen LogP contribution in [-0.4, -0.2) is 17.6 Å². The molecule has 1 heterocycles. The highest BCUT2D eigenvalue weighted by atomic mass is 16.5. The van der Waals surface area contributed by atoms with E-state index in [4.69, 9.17) is 4.74 Å². The van der Waals surface area contributed by atoms with Crippen LogP contribution in [0.1, 0.15) is 12.5 Å². The molecule has 0 spiro atoms. The molecule has 0 aliphatic heterocycles. The zero-order valence-electron chi connectivity index (χ0n) is 11.3. The van der Waals surface area contributed by atoms with E-state index in [0.29, 0.717) is 13.0 Å². The molecule has 1 aromatic heterocycles. The monoisotopic (exact) mass is 265 g/mol. The summed E-state index contributed by atoms with van der Waals surface area (Å²) in [6, 6.07) is 14.0. The van der Waals surface area contributed by atoms with Crippen LogP contribution >= 0.6 is 0 Å². The molecule has 0 fully saturated rings. The van der Waals surface area contributed by atoms with E-state index in [1.165, 1.54) is 0 Å². The molecule has 0 saturated heterocycles. The number of fused-ring (bicyclic) bond motifs is 3. The summed E-state index contributed by atoms with van der Waals surface area (Å²) in [5.74, 6) is -0.193. The smallest absolute Gasteiger partial charge is 0.310 e. The van der Waals surface area contributed by atoms with Gasteiger partial charge < -0.3 is 4.74 Å². The molecule has 0 aliphatic carbocycles. The normalized spacial score (nSPS) is 10.8. The molecule has 0 radical (unpaired) electrons. The second kappa shape index (κ2) is 5.29. The third-order valence-electron chi connectivity index (χ3n) is 3.36. The number of hydrogen-bond acceptors (Lipinski definition) is 3. The minimum absolute atomic E-state index is 0.193. The van der Waals surface area contributed by atoms with Crippen molar-refractivity contribution in [3.8, 4) is 0 Å². The third kappa shape index (κ3) is 2.23. The molecule has 0 saturated carbocycles. The van der Waals surface area contributed by atoms with Gasteiger partial charge in [-0.25, -0.2) is 0 Å². The first-order valence-corrected chi connectivity index (χ1v) is 6.70. The van der Waals surface area contributed by atoms with Gasteiger partial charge in [0, 0.05) is 17.0 Å². The van der Waals surface area contributed by atoms with E-state index < -0.39 is 0 Å². The predicted molar refractivity (Wildman–Crippen MR) is 79.6 cm³/mol. The number of carbonyl (C=O) groups is 1. The van der Waals surface area contributed by atoms with Crippen molar-refractivity contribution in [2.24, 2.45) is 0 Å². The number of aromatic nitrogens is 1. The van der Waals surface area contributed by atoms with Crippen molar-refractivity contribution in [2.45, 2.75) is 13.3 Å². The number of rotatable bonds is 3. The molecule has 0 unspecified atom stereocenters. The lowest BCUT2D eigenvalue weighted by atomic mass is 9.99. The van der Waals surface area contributed by atoms with Gasteiger partial charge in [-0.2, -0.15) is 0 Å².